The van der Waals surface area contributed by atoms with Gasteiger partial charge in [-0.3, -0.25) is 15.1 Å². The van der Waals surface area contributed by atoms with Crippen molar-refractivity contribution in [3.05, 3.63) is 57.3 Å². The molecule has 6 nitrogen and oxygen atoms in total. The highest BCUT2D eigenvalue weighted by Gasteiger charge is 2.24. The number of hydrogen-bond acceptors (Lipinski definition) is 5. The topological polar surface area (TPSA) is 83.1 Å². The molecule has 0 amide bonds. The summed E-state index contributed by atoms with van der Waals surface area (Å²) in [7, 11) is 0. The molecule has 0 spiro atoms. The highest BCUT2D eigenvalue weighted by atomic mass is 79.9. The van der Waals surface area contributed by atoms with Crippen molar-refractivity contribution in [2.75, 3.05) is 11.4 Å². The van der Waals surface area contributed by atoms with Crippen molar-refractivity contribution in [3.8, 4) is 6.07 Å². The summed E-state index contributed by atoms with van der Waals surface area (Å²) >= 11 is 3.31. The Bertz CT molecular complexity index is 685. The van der Waals surface area contributed by atoms with Crippen LogP contribution in [0.5, 0.6) is 0 Å². The molecule has 2 aromatic rings. The third kappa shape index (κ3) is 3.35. The van der Waals surface area contributed by atoms with Gasteiger partial charge in [0.2, 0.25) is 0 Å². The Morgan fingerprint density at radius 1 is 1.33 bits per heavy atom. The average Bonchev–Trinajstić information content (AvgIpc) is 2.49. The number of rotatable bonds is 5. The molecule has 0 aliphatic rings. The van der Waals surface area contributed by atoms with Gasteiger partial charge in [-0.25, -0.2) is 0 Å². The monoisotopic (exact) mass is 346 g/mol. The number of aromatic nitrogens is 1. The summed E-state index contributed by atoms with van der Waals surface area (Å²) in [6, 6.07) is 11.3. The number of pyridine rings is 1. The normalized spacial score (nSPS) is 9.90. The van der Waals surface area contributed by atoms with Gasteiger partial charge < -0.3 is 4.90 Å². The van der Waals surface area contributed by atoms with Gasteiger partial charge in [0.15, 0.2) is 0 Å². The van der Waals surface area contributed by atoms with E-state index in [1.807, 2.05) is 30.3 Å². The Kier molecular flexibility index (Phi) is 4.85. The third-order valence-electron chi connectivity index (χ3n) is 2.84. The lowest BCUT2D eigenvalue weighted by atomic mass is 10.2. The first-order valence-electron chi connectivity index (χ1n) is 6.12. The van der Waals surface area contributed by atoms with Gasteiger partial charge in [0.1, 0.15) is 11.9 Å². The molecule has 7 heteroatoms. The van der Waals surface area contributed by atoms with Crippen LogP contribution in [-0.2, 0) is 0 Å². The minimum Gasteiger partial charge on any atom is -0.334 e. The Labute approximate surface area is 129 Å². The number of nitriles is 1. The molecule has 0 N–H and O–H groups in total. The molecule has 2 rings (SSSR count). The Hall–Kier alpha value is -2.46. The molecule has 0 atom stereocenters. The lowest BCUT2D eigenvalue weighted by molar-refractivity contribution is -0.384. The van der Waals surface area contributed by atoms with Crippen molar-refractivity contribution in [2.45, 2.75) is 6.42 Å². The molecule has 0 saturated heterocycles. The minimum absolute atomic E-state index is 0.105. The molecule has 1 aromatic carbocycles. The number of nitrogens with zero attached hydrogens (tertiary/aromatic N) is 4. The zero-order valence-electron chi connectivity index (χ0n) is 10.9. The second-order valence-corrected chi connectivity index (χ2v) is 5.00. The van der Waals surface area contributed by atoms with Crippen molar-refractivity contribution < 1.29 is 4.92 Å². The first-order valence-corrected chi connectivity index (χ1v) is 6.92. The smallest absolute Gasteiger partial charge is 0.312 e. The molecular weight excluding hydrogens is 336 g/mol. The molecule has 1 heterocycles. The summed E-state index contributed by atoms with van der Waals surface area (Å²) in [6.45, 7) is 0.351. The average molecular weight is 347 g/mol. The first kappa shape index (κ1) is 14.9. The molecule has 21 heavy (non-hydrogen) atoms. The summed E-state index contributed by atoms with van der Waals surface area (Å²) in [5, 5.41) is 20.1. The Balaban J connectivity index is 2.57. The fraction of sp³-hybridized carbons (Fsp3) is 0.143. The van der Waals surface area contributed by atoms with E-state index in [9.17, 15) is 10.1 Å². The Morgan fingerprint density at radius 2 is 2.05 bits per heavy atom. The summed E-state index contributed by atoms with van der Waals surface area (Å²) in [6.07, 6.45) is 2.97. The van der Waals surface area contributed by atoms with Gasteiger partial charge in [-0.05, 0) is 28.1 Å². The van der Waals surface area contributed by atoms with Gasteiger partial charge >= 0.3 is 5.69 Å². The molecule has 106 valence electrons. The van der Waals surface area contributed by atoms with E-state index in [4.69, 9.17) is 5.26 Å². The summed E-state index contributed by atoms with van der Waals surface area (Å²) < 4.78 is 0.512. The van der Waals surface area contributed by atoms with Crippen LogP contribution in [0.3, 0.4) is 0 Å². The zero-order chi connectivity index (χ0) is 15.2. The second kappa shape index (κ2) is 6.81. The molecule has 0 saturated carbocycles. The maximum absolute atomic E-state index is 11.2. The van der Waals surface area contributed by atoms with Crippen LogP contribution in [0.2, 0.25) is 0 Å². The van der Waals surface area contributed by atoms with E-state index in [0.29, 0.717) is 16.7 Å². The fourth-order valence-electron chi connectivity index (χ4n) is 1.96. The molecule has 1 aromatic heterocycles. The quantitative estimate of drug-likeness (QED) is 0.607. The van der Waals surface area contributed by atoms with E-state index in [0.717, 1.165) is 5.69 Å². The molecule has 0 unspecified atom stereocenters. The van der Waals surface area contributed by atoms with Crippen LogP contribution in [0, 0.1) is 21.4 Å². The van der Waals surface area contributed by atoms with Crippen molar-refractivity contribution in [3.63, 3.8) is 0 Å². The second-order valence-electron chi connectivity index (χ2n) is 4.14. The van der Waals surface area contributed by atoms with Crippen LogP contribution in [-0.4, -0.2) is 16.5 Å². The maximum atomic E-state index is 11.2. The number of hydrogen-bond donors (Lipinski definition) is 0. The van der Waals surface area contributed by atoms with Crippen LogP contribution in [0.25, 0.3) is 0 Å². The Morgan fingerprint density at radius 3 is 2.67 bits per heavy atom. The van der Waals surface area contributed by atoms with Gasteiger partial charge in [-0.15, -0.1) is 0 Å². The summed E-state index contributed by atoms with van der Waals surface area (Å²) in [4.78, 5) is 16.3. The lowest BCUT2D eigenvalue weighted by Gasteiger charge is -2.24. The van der Waals surface area contributed by atoms with Gasteiger partial charge in [0.05, 0.1) is 21.9 Å². The number of benzene rings is 1. The number of anilines is 2. The van der Waals surface area contributed by atoms with Crippen LogP contribution in [0.15, 0.2) is 47.2 Å². The number of halogens is 1. The van der Waals surface area contributed by atoms with Crippen molar-refractivity contribution in [1.29, 1.82) is 5.26 Å². The molecule has 0 bridgehead atoms. The van der Waals surface area contributed by atoms with Crippen LogP contribution in [0.1, 0.15) is 6.42 Å². The van der Waals surface area contributed by atoms with Gasteiger partial charge in [-0.1, -0.05) is 18.2 Å². The highest BCUT2D eigenvalue weighted by molar-refractivity contribution is 9.10. The van der Waals surface area contributed by atoms with E-state index >= 15 is 0 Å². The largest absolute Gasteiger partial charge is 0.334 e. The van der Waals surface area contributed by atoms with Crippen molar-refractivity contribution >= 4 is 33.0 Å². The van der Waals surface area contributed by atoms with Gasteiger partial charge in [0.25, 0.3) is 0 Å². The summed E-state index contributed by atoms with van der Waals surface area (Å²) in [5.74, 6) is 0. The van der Waals surface area contributed by atoms with Gasteiger partial charge in [-0.2, -0.15) is 5.26 Å². The van der Waals surface area contributed by atoms with E-state index in [1.54, 1.807) is 4.90 Å². The standard InChI is InChI=1S/C14H11BrN4O2/c15-12-9-17-10-13(19(20)21)14(12)18(8-4-7-16)11-5-2-1-3-6-11/h1-3,5-6,9-10H,4,8H2. The van der Waals surface area contributed by atoms with E-state index in [1.165, 1.54) is 12.4 Å². The molecule has 0 radical (unpaired) electrons. The maximum Gasteiger partial charge on any atom is 0.312 e. The molecule has 0 aliphatic heterocycles. The zero-order valence-corrected chi connectivity index (χ0v) is 12.5. The number of para-hydroxylation sites is 1. The lowest BCUT2D eigenvalue weighted by Crippen LogP contribution is -2.20. The van der Waals surface area contributed by atoms with Crippen LogP contribution >= 0.6 is 15.9 Å². The first-order chi connectivity index (χ1) is 10.1. The molecular formula is C14H11BrN4O2. The predicted molar refractivity (Wildman–Crippen MR) is 82.3 cm³/mol. The minimum atomic E-state index is -0.477. The molecule has 0 aliphatic carbocycles. The van der Waals surface area contributed by atoms with Crippen LogP contribution in [0.4, 0.5) is 17.1 Å². The van der Waals surface area contributed by atoms with Crippen molar-refractivity contribution in [1.82, 2.24) is 4.98 Å². The summed E-state index contributed by atoms with van der Waals surface area (Å²) in [5.41, 5.74) is 1.07. The van der Waals surface area contributed by atoms with Gasteiger partial charge in [0, 0.05) is 18.4 Å². The predicted octanol–water partition coefficient (Wildman–Crippen LogP) is 3.80. The number of nitro groups is 1. The van der Waals surface area contributed by atoms with Crippen LogP contribution < -0.4 is 4.90 Å². The fourth-order valence-corrected chi connectivity index (χ4v) is 2.49. The van der Waals surface area contributed by atoms with Crippen molar-refractivity contribution in [2.24, 2.45) is 0 Å². The SMILES string of the molecule is N#CCCN(c1ccccc1)c1c(Br)cncc1[N+](=O)[O-]. The van der Waals surface area contributed by atoms with E-state index in [-0.39, 0.29) is 12.1 Å². The highest BCUT2D eigenvalue weighted by Crippen LogP contribution is 2.38. The van der Waals surface area contributed by atoms with E-state index < -0.39 is 4.92 Å². The third-order valence-corrected chi connectivity index (χ3v) is 3.42. The van der Waals surface area contributed by atoms with E-state index in [2.05, 4.69) is 27.0 Å². The molecule has 0 fully saturated rings.